The lowest BCUT2D eigenvalue weighted by atomic mass is 10.1. The highest BCUT2D eigenvalue weighted by Gasteiger charge is 2.26. The van der Waals surface area contributed by atoms with Crippen molar-refractivity contribution in [2.24, 2.45) is 0 Å². The number of methoxy groups -OCH3 is 1. The van der Waals surface area contributed by atoms with Gasteiger partial charge in [-0.05, 0) is 30.7 Å². The third-order valence-electron chi connectivity index (χ3n) is 5.08. The van der Waals surface area contributed by atoms with Crippen LogP contribution in [0, 0.1) is 0 Å². The highest BCUT2D eigenvalue weighted by Crippen LogP contribution is 2.30. The number of rotatable bonds is 5. The molecule has 0 spiro atoms. The van der Waals surface area contributed by atoms with Crippen molar-refractivity contribution < 1.29 is 4.74 Å². The summed E-state index contributed by atoms with van der Waals surface area (Å²) in [5.41, 5.74) is 2.34. The van der Waals surface area contributed by atoms with Gasteiger partial charge in [0.2, 0.25) is 0 Å². The van der Waals surface area contributed by atoms with E-state index < -0.39 is 0 Å². The fourth-order valence-electron chi connectivity index (χ4n) is 3.68. The Morgan fingerprint density at radius 1 is 1.15 bits per heavy atom. The van der Waals surface area contributed by atoms with Crippen LogP contribution in [-0.4, -0.2) is 47.3 Å². The second-order valence-electron chi connectivity index (χ2n) is 6.92. The molecule has 1 aromatic carbocycles. The standard InChI is InChI=1S/C21H25N5O/c1-17-14-25(19-5-3-4-6-20(19)27-2)11-12-26(17)21-8-7-18(13-23-21)15-24-10-9-22-16-24/h3-10,13,16-17H,11-12,14-15H2,1-2H3. The van der Waals surface area contributed by atoms with Gasteiger partial charge in [-0.3, -0.25) is 0 Å². The van der Waals surface area contributed by atoms with Gasteiger partial charge in [0.05, 0.1) is 19.1 Å². The monoisotopic (exact) mass is 363 g/mol. The normalized spacial score (nSPS) is 17.2. The van der Waals surface area contributed by atoms with Crippen molar-refractivity contribution in [3.63, 3.8) is 0 Å². The molecule has 1 atom stereocenters. The molecule has 6 nitrogen and oxygen atoms in total. The third-order valence-corrected chi connectivity index (χ3v) is 5.08. The molecule has 1 aliphatic heterocycles. The molecular weight excluding hydrogens is 338 g/mol. The van der Waals surface area contributed by atoms with Crippen molar-refractivity contribution in [1.29, 1.82) is 0 Å². The fraction of sp³-hybridized carbons (Fsp3) is 0.333. The Labute approximate surface area is 160 Å². The lowest BCUT2D eigenvalue weighted by Gasteiger charge is -2.42. The quantitative estimate of drug-likeness (QED) is 0.697. The lowest BCUT2D eigenvalue weighted by molar-refractivity contribution is 0.412. The number of para-hydroxylation sites is 2. The largest absolute Gasteiger partial charge is 0.495 e. The SMILES string of the molecule is COc1ccccc1N1CCN(c2ccc(Cn3ccnc3)cn2)C(C)C1. The molecule has 27 heavy (non-hydrogen) atoms. The van der Waals surface area contributed by atoms with Crippen LogP contribution in [0.5, 0.6) is 5.75 Å². The van der Waals surface area contributed by atoms with E-state index in [-0.39, 0.29) is 0 Å². The van der Waals surface area contributed by atoms with Crippen LogP contribution in [0.4, 0.5) is 11.5 Å². The van der Waals surface area contributed by atoms with Gasteiger partial charge < -0.3 is 19.1 Å². The number of hydrogen-bond acceptors (Lipinski definition) is 5. The Morgan fingerprint density at radius 2 is 2.04 bits per heavy atom. The summed E-state index contributed by atoms with van der Waals surface area (Å²) in [4.78, 5) is 13.6. The Morgan fingerprint density at radius 3 is 2.74 bits per heavy atom. The van der Waals surface area contributed by atoms with E-state index in [4.69, 9.17) is 9.72 Å². The van der Waals surface area contributed by atoms with E-state index in [1.54, 1.807) is 13.3 Å². The summed E-state index contributed by atoms with van der Waals surface area (Å²) < 4.78 is 7.57. The number of aromatic nitrogens is 3. The van der Waals surface area contributed by atoms with Crippen LogP contribution in [0.3, 0.4) is 0 Å². The topological polar surface area (TPSA) is 46.4 Å². The molecule has 3 aromatic rings. The van der Waals surface area contributed by atoms with Gasteiger partial charge in [0.15, 0.2) is 0 Å². The summed E-state index contributed by atoms with van der Waals surface area (Å²) in [6.45, 7) is 5.88. The summed E-state index contributed by atoms with van der Waals surface area (Å²) >= 11 is 0. The maximum atomic E-state index is 5.53. The number of pyridine rings is 1. The first-order valence-corrected chi connectivity index (χ1v) is 9.30. The van der Waals surface area contributed by atoms with Crippen LogP contribution >= 0.6 is 0 Å². The molecule has 0 amide bonds. The molecular formula is C21H25N5O. The fourth-order valence-corrected chi connectivity index (χ4v) is 3.68. The van der Waals surface area contributed by atoms with Crippen molar-refractivity contribution in [1.82, 2.24) is 14.5 Å². The Balaban J connectivity index is 1.44. The maximum Gasteiger partial charge on any atom is 0.142 e. The second-order valence-corrected chi connectivity index (χ2v) is 6.92. The number of benzene rings is 1. The van der Waals surface area contributed by atoms with E-state index >= 15 is 0 Å². The van der Waals surface area contributed by atoms with Gasteiger partial charge in [0.1, 0.15) is 11.6 Å². The van der Waals surface area contributed by atoms with E-state index in [2.05, 4.69) is 46.0 Å². The number of nitrogens with zero attached hydrogens (tertiary/aromatic N) is 5. The number of ether oxygens (including phenoxy) is 1. The highest BCUT2D eigenvalue weighted by molar-refractivity contribution is 5.60. The van der Waals surface area contributed by atoms with E-state index in [0.29, 0.717) is 6.04 Å². The number of hydrogen-bond donors (Lipinski definition) is 0. The molecule has 4 rings (SSSR count). The van der Waals surface area contributed by atoms with Crippen LogP contribution in [-0.2, 0) is 6.54 Å². The average molecular weight is 363 g/mol. The minimum Gasteiger partial charge on any atom is -0.495 e. The maximum absolute atomic E-state index is 5.53. The molecule has 0 aliphatic carbocycles. The van der Waals surface area contributed by atoms with Crippen molar-refractivity contribution in [3.8, 4) is 5.75 Å². The van der Waals surface area contributed by atoms with Crippen molar-refractivity contribution in [3.05, 3.63) is 66.9 Å². The minimum atomic E-state index is 0.371. The molecule has 3 heterocycles. The first kappa shape index (κ1) is 17.4. The Kier molecular flexibility index (Phi) is 4.96. The number of piperazine rings is 1. The van der Waals surface area contributed by atoms with Crippen molar-refractivity contribution in [2.45, 2.75) is 19.5 Å². The summed E-state index contributed by atoms with van der Waals surface area (Å²) in [6, 6.07) is 12.9. The first-order chi connectivity index (χ1) is 13.2. The molecule has 140 valence electrons. The first-order valence-electron chi connectivity index (χ1n) is 9.30. The zero-order valence-electron chi connectivity index (χ0n) is 15.8. The van der Waals surface area contributed by atoms with Gasteiger partial charge in [0.25, 0.3) is 0 Å². The number of anilines is 2. The van der Waals surface area contributed by atoms with Gasteiger partial charge in [-0.15, -0.1) is 0 Å². The van der Waals surface area contributed by atoms with Crippen molar-refractivity contribution >= 4 is 11.5 Å². The van der Waals surface area contributed by atoms with Crippen LogP contribution in [0.1, 0.15) is 12.5 Å². The summed E-state index contributed by atoms with van der Waals surface area (Å²) in [7, 11) is 1.73. The number of imidazole rings is 1. The summed E-state index contributed by atoms with van der Waals surface area (Å²) in [5, 5.41) is 0. The Hall–Kier alpha value is -3.02. The molecule has 0 saturated carbocycles. The van der Waals surface area contributed by atoms with E-state index in [1.807, 2.05) is 35.4 Å². The third kappa shape index (κ3) is 3.74. The second kappa shape index (κ2) is 7.70. The van der Waals surface area contributed by atoms with E-state index in [9.17, 15) is 0 Å². The van der Waals surface area contributed by atoms with E-state index in [1.165, 1.54) is 5.56 Å². The molecule has 1 saturated heterocycles. The summed E-state index contributed by atoms with van der Waals surface area (Å²) in [5.74, 6) is 1.97. The van der Waals surface area contributed by atoms with Gasteiger partial charge >= 0.3 is 0 Å². The van der Waals surface area contributed by atoms with E-state index in [0.717, 1.165) is 43.4 Å². The van der Waals surface area contributed by atoms with Gasteiger partial charge in [-0.25, -0.2) is 9.97 Å². The molecule has 1 unspecified atom stereocenters. The summed E-state index contributed by atoms with van der Waals surface area (Å²) in [6.07, 6.45) is 7.56. The van der Waals surface area contributed by atoms with Gasteiger partial charge in [0, 0.05) is 50.8 Å². The van der Waals surface area contributed by atoms with Crippen LogP contribution in [0.2, 0.25) is 0 Å². The predicted octanol–water partition coefficient (Wildman–Crippen LogP) is 3.05. The van der Waals surface area contributed by atoms with Gasteiger partial charge in [-0.2, -0.15) is 0 Å². The zero-order chi connectivity index (χ0) is 18.6. The highest BCUT2D eigenvalue weighted by atomic mass is 16.5. The smallest absolute Gasteiger partial charge is 0.142 e. The molecule has 6 heteroatoms. The average Bonchev–Trinajstić information content (AvgIpc) is 3.22. The molecule has 1 aliphatic rings. The van der Waals surface area contributed by atoms with Gasteiger partial charge in [-0.1, -0.05) is 18.2 Å². The molecule has 1 fully saturated rings. The van der Waals surface area contributed by atoms with Crippen LogP contribution < -0.4 is 14.5 Å². The molecule has 0 radical (unpaired) electrons. The predicted molar refractivity (Wildman–Crippen MR) is 108 cm³/mol. The zero-order valence-corrected chi connectivity index (χ0v) is 15.8. The molecule has 2 aromatic heterocycles. The molecule has 0 bridgehead atoms. The molecule has 0 N–H and O–H groups in total. The van der Waals surface area contributed by atoms with Crippen molar-refractivity contribution in [2.75, 3.05) is 36.5 Å². The minimum absolute atomic E-state index is 0.371. The van der Waals surface area contributed by atoms with Crippen LogP contribution in [0.15, 0.2) is 61.3 Å². The Bertz CT molecular complexity index is 863. The van der Waals surface area contributed by atoms with Crippen LogP contribution in [0.25, 0.3) is 0 Å². The lowest BCUT2D eigenvalue weighted by Crippen LogP contribution is -2.52.